The number of hydrogen-bond acceptors (Lipinski definition) is 5. The molecular weight excluding hydrogens is 543 g/mol. The molecular formula is C35H41FN4O3. The number of nitrogens with one attached hydrogen (secondary N) is 2. The summed E-state index contributed by atoms with van der Waals surface area (Å²) in [6, 6.07) is 18.5. The van der Waals surface area contributed by atoms with Gasteiger partial charge in [-0.3, -0.25) is 9.59 Å². The number of benzene rings is 3. The van der Waals surface area contributed by atoms with Crippen molar-refractivity contribution in [3.05, 3.63) is 88.7 Å². The Hall–Kier alpha value is -3.91. The first-order valence-corrected chi connectivity index (χ1v) is 15.6. The maximum atomic E-state index is 15.0. The zero-order chi connectivity index (χ0) is 29.9. The van der Waals surface area contributed by atoms with Crippen molar-refractivity contribution < 1.29 is 18.7 Å². The molecule has 0 saturated carbocycles. The molecule has 8 heteroatoms. The fourth-order valence-electron chi connectivity index (χ4n) is 6.84. The molecule has 3 saturated heterocycles. The largest absolute Gasteiger partial charge is 0.380 e. The summed E-state index contributed by atoms with van der Waals surface area (Å²) in [7, 11) is 0. The van der Waals surface area contributed by atoms with Gasteiger partial charge in [0.1, 0.15) is 5.82 Å². The van der Waals surface area contributed by atoms with Gasteiger partial charge in [0.15, 0.2) is 0 Å². The van der Waals surface area contributed by atoms with Crippen molar-refractivity contribution >= 4 is 28.9 Å². The van der Waals surface area contributed by atoms with E-state index < -0.39 is 17.8 Å². The predicted molar refractivity (Wildman–Crippen MR) is 168 cm³/mol. The minimum absolute atomic E-state index is 0.0712. The van der Waals surface area contributed by atoms with E-state index in [4.69, 9.17) is 4.74 Å². The van der Waals surface area contributed by atoms with Crippen molar-refractivity contribution in [3.8, 4) is 0 Å². The van der Waals surface area contributed by atoms with Gasteiger partial charge in [-0.05, 0) is 93.0 Å². The Morgan fingerprint density at radius 3 is 2.37 bits per heavy atom. The summed E-state index contributed by atoms with van der Waals surface area (Å²) in [5.41, 5.74) is 5.57. The van der Waals surface area contributed by atoms with Gasteiger partial charge in [0, 0.05) is 43.3 Å². The number of carbonyl (C=O) groups excluding carboxylic acids is 2. The molecule has 1 unspecified atom stereocenters. The third-order valence-corrected chi connectivity index (χ3v) is 9.14. The number of hydrogen-bond donors (Lipinski definition) is 2. The molecule has 2 N–H and O–H groups in total. The minimum atomic E-state index is -0.539. The smallest absolute Gasteiger partial charge is 0.257 e. The molecule has 0 spiro atoms. The second kappa shape index (κ2) is 12.8. The summed E-state index contributed by atoms with van der Waals surface area (Å²) in [5, 5.41) is 6.69. The number of likely N-dealkylation sites (tertiary alicyclic amines) is 1. The van der Waals surface area contributed by atoms with E-state index in [-0.39, 0.29) is 23.4 Å². The van der Waals surface area contributed by atoms with Crippen LogP contribution in [0.25, 0.3) is 0 Å². The average molecular weight is 585 g/mol. The van der Waals surface area contributed by atoms with E-state index >= 15 is 4.39 Å². The summed E-state index contributed by atoms with van der Waals surface area (Å²) < 4.78 is 20.5. The summed E-state index contributed by atoms with van der Waals surface area (Å²) in [5.74, 6) is -1.55. The van der Waals surface area contributed by atoms with Crippen molar-refractivity contribution in [2.45, 2.75) is 58.0 Å². The molecule has 0 radical (unpaired) electrons. The number of aryl methyl sites for hydroxylation is 2. The van der Waals surface area contributed by atoms with Gasteiger partial charge in [0.05, 0.1) is 30.2 Å². The molecule has 3 aliphatic heterocycles. The molecule has 2 amide bonds. The van der Waals surface area contributed by atoms with Crippen LogP contribution in [0.4, 0.5) is 21.5 Å². The highest BCUT2D eigenvalue weighted by Gasteiger charge is 2.40. The third-order valence-electron chi connectivity index (χ3n) is 9.14. The van der Waals surface area contributed by atoms with E-state index in [9.17, 15) is 9.59 Å². The highest BCUT2D eigenvalue weighted by atomic mass is 19.1. The third kappa shape index (κ3) is 6.25. The molecule has 3 fully saturated rings. The fraction of sp³-hybridized carbons (Fsp3) is 0.429. The van der Waals surface area contributed by atoms with Crippen LogP contribution in [-0.4, -0.2) is 55.6 Å². The summed E-state index contributed by atoms with van der Waals surface area (Å²) in [4.78, 5) is 32.1. The number of nitrogens with zero attached hydrogens (tertiary/aromatic N) is 2. The monoisotopic (exact) mass is 584 g/mol. The molecule has 7 nitrogen and oxygen atoms in total. The van der Waals surface area contributed by atoms with Gasteiger partial charge in [0.2, 0.25) is 5.91 Å². The molecule has 43 heavy (non-hydrogen) atoms. The predicted octanol–water partition coefficient (Wildman–Crippen LogP) is 6.48. The maximum absolute atomic E-state index is 15.0. The molecule has 0 bridgehead atoms. The first-order valence-electron chi connectivity index (χ1n) is 15.6. The number of rotatable bonds is 7. The van der Waals surface area contributed by atoms with Crippen molar-refractivity contribution in [2.24, 2.45) is 5.92 Å². The van der Waals surface area contributed by atoms with Crippen LogP contribution >= 0.6 is 0 Å². The van der Waals surface area contributed by atoms with Gasteiger partial charge in [0.25, 0.3) is 5.91 Å². The zero-order valence-electron chi connectivity index (χ0n) is 25.1. The van der Waals surface area contributed by atoms with Crippen LogP contribution < -0.4 is 15.5 Å². The lowest BCUT2D eigenvalue weighted by atomic mass is 9.83. The number of ether oxygens (including phenoxy) is 1. The Morgan fingerprint density at radius 2 is 1.65 bits per heavy atom. The van der Waals surface area contributed by atoms with Crippen molar-refractivity contribution in [2.75, 3.05) is 48.4 Å². The van der Waals surface area contributed by atoms with Gasteiger partial charge >= 0.3 is 0 Å². The number of anilines is 3. The lowest BCUT2D eigenvalue weighted by Gasteiger charge is -2.41. The molecule has 226 valence electrons. The molecule has 3 aliphatic rings. The highest BCUT2D eigenvalue weighted by Crippen LogP contribution is 2.39. The van der Waals surface area contributed by atoms with Crippen molar-refractivity contribution in [1.82, 2.24) is 4.90 Å². The minimum Gasteiger partial charge on any atom is -0.380 e. The summed E-state index contributed by atoms with van der Waals surface area (Å²) in [6.45, 7) is 7.77. The molecule has 3 aromatic carbocycles. The lowest BCUT2D eigenvalue weighted by Crippen LogP contribution is -2.46. The van der Waals surface area contributed by atoms with Crippen LogP contribution in [0.3, 0.4) is 0 Å². The Bertz CT molecular complexity index is 1440. The van der Waals surface area contributed by atoms with Crippen molar-refractivity contribution in [1.29, 1.82) is 0 Å². The first kappa shape index (κ1) is 29.2. The van der Waals surface area contributed by atoms with Gasteiger partial charge in [-0.1, -0.05) is 30.3 Å². The molecule has 3 aromatic rings. The molecule has 3 atom stereocenters. The van der Waals surface area contributed by atoms with E-state index in [1.807, 2.05) is 30.3 Å². The quantitative estimate of drug-likeness (QED) is 0.333. The van der Waals surface area contributed by atoms with E-state index in [1.165, 1.54) is 24.5 Å². The van der Waals surface area contributed by atoms with Gasteiger partial charge in [-0.2, -0.15) is 0 Å². The molecule has 0 aromatic heterocycles. The first-order chi connectivity index (χ1) is 20.9. The highest BCUT2D eigenvalue weighted by molar-refractivity contribution is 5.98. The number of halogens is 1. The SMILES string of the molecule is Cc1ccc(NC(=O)[C@H]2CCCN(C(=O)c3c(C)cccc3F)[C@H]2c2ccc(NC3CCOC3)cc2)cc1N1CCCC1. The van der Waals surface area contributed by atoms with Gasteiger partial charge in [-0.15, -0.1) is 0 Å². The topological polar surface area (TPSA) is 73.9 Å². The van der Waals surface area contributed by atoms with Gasteiger partial charge < -0.3 is 25.2 Å². The zero-order valence-corrected chi connectivity index (χ0v) is 25.1. The van der Waals surface area contributed by atoms with Crippen LogP contribution in [0, 0.1) is 25.6 Å². The van der Waals surface area contributed by atoms with Gasteiger partial charge in [-0.25, -0.2) is 4.39 Å². The number of amides is 2. The summed E-state index contributed by atoms with van der Waals surface area (Å²) in [6.07, 6.45) is 4.58. The van der Waals surface area contributed by atoms with E-state index in [2.05, 4.69) is 34.6 Å². The van der Waals surface area contributed by atoms with Crippen LogP contribution in [0.5, 0.6) is 0 Å². The molecule has 0 aliphatic carbocycles. The van der Waals surface area contributed by atoms with E-state index in [0.29, 0.717) is 31.6 Å². The van der Waals surface area contributed by atoms with Crippen LogP contribution in [-0.2, 0) is 9.53 Å². The van der Waals surface area contributed by atoms with E-state index in [0.717, 1.165) is 48.7 Å². The average Bonchev–Trinajstić information content (AvgIpc) is 3.73. The Labute approximate surface area is 253 Å². The van der Waals surface area contributed by atoms with E-state index in [1.54, 1.807) is 24.0 Å². The second-order valence-electron chi connectivity index (χ2n) is 12.1. The lowest BCUT2D eigenvalue weighted by molar-refractivity contribution is -0.123. The van der Waals surface area contributed by atoms with Crippen LogP contribution in [0.1, 0.15) is 65.2 Å². The van der Waals surface area contributed by atoms with Crippen molar-refractivity contribution in [3.63, 3.8) is 0 Å². The maximum Gasteiger partial charge on any atom is 0.257 e. The standard InChI is InChI=1S/C35H41FN4O3/c1-23-10-13-27(21-31(23)39-17-3-4-18-39)38-34(41)29-8-6-19-40(35(42)32-24(2)7-5-9-30(32)36)33(29)25-11-14-26(15-12-25)37-28-16-20-43-22-28/h5,7,9-15,21,28-29,33,37H,3-4,6,8,16-20,22H2,1-2H3,(H,38,41)/t28?,29-,33-/m0/s1. The van der Waals surface area contributed by atoms with Crippen LogP contribution in [0.2, 0.25) is 0 Å². The Morgan fingerprint density at radius 1 is 0.884 bits per heavy atom. The Balaban J connectivity index is 1.30. The number of piperidine rings is 1. The fourth-order valence-corrected chi connectivity index (χ4v) is 6.84. The Kier molecular flexibility index (Phi) is 8.66. The normalized spacial score (nSPS) is 22.1. The second-order valence-corrected chi connectivity index (χ2v) is 12.1. The number of carbonyl (C=O) groups is 2. The summed E-state index contributed by atoms with van der Waals surface area (Å²) >= 11 is 0. The molecule has 3 heterocycles. The molecule has 6 rings (SSSR count). The van der Waals surface area contributed by atoms with Crippen LogP contribution in [0.15, 0.2) is 60.7 Å².